The van der Waals surface area contributed by atoms with Crippen LogP contribution in [-0.4, -0.2) is 25.2 Å². The van der Waals surface area contributed by atoms with Gasteiger partial charge in [0.2, 0.25) is 0 Å². The SMILES string of the molecule is COC(=O)Cc1c[nH]c2c(C)cc(OC)cc12. The maximum Gasteiger partial charge on any atom is 0.310 e. The highest BCUT2D eigenvalue weighted by Gasteiger charge is 2.11. The fraction of sp³-hybridized carbons (Fsp3) is 0.308. The molecule has 1 N–H and O–H groups in total. The second-order valence-electron chi connectivity index (χ2n) is 3.93. The molecule has 4 heteroatoms. The van der Waals surface area contributed by atoms with Crippen LogP contribution >= 0.6 is 0 Å². The van der Waals surface area contributed by atoms with E-state index in [2.05, 4.69) is 9.72 Å². The zero-order valence-corrected chi connectivity index (χ0v) is 10.2. The number of rotatable bonds is 3. The summed E-state index contributed by atoms with van der Waals surface area (Å²) in [4.78, 5) is 14.5. The van der Waals surface area contributed by atoms with Crippen LogP contribution in [0.4, 0.5) is 0 Å². The highest BCUT2D eigenvalue weighted by Crippen LogP contribution is 2.27. The van der Waals surface area contributed by atoms with E-state index in [1.54, 1.807) is 7.11 Å². The summed E-state index contributed by atoms with van der Waals surface area (Å²) in [5.41, 5.74) is 3.05. The van der Waals surface area contributed by atoms with Crippen LogP contribution in [0.5, 0.6) is 5.75 Å². The highest BCUT2D eigenvalue weighted by molar-refractivity contribution is 5.90. The molecule has 0 radical (unpaired) electrons. The molecule has 0 aliphatic heterocycles. The van der Waals surface area contributed by atoms with Gasteiger partial charge in [-0.05, 0) is 30.2 Å². The van der Waals surface area contributed by atoms with Crippen LogP contribution < -0.4 is 4.74 Å². The number of hydrogen-bond donors (Lipinski definition) is 1. The van der Waals surface area contributed by atoms with Crippen molar-refractivity contribution >= 4 is 16.9 Å². The number of hydrogen-bond acceptors (Lipinski definition) is 3. The molecule has 2 rings (SSSR count). The standard InChI is InChI=1S/C13H15NO3/c1-8-4-10(16-2)6-11-9(5-12(15)17-3)7-14-13(8)11/h4,6-7,14H,5H2,1-3H3. The average Bonchev–Trinajstić information content (AvgIpc) is 2.72. The number of fused-ring (bicyclic) bond motifs is 1. The molecule has 1 aromatic heterocycles. The first-order chi connectivity index (χ1) is 8.15. The number of H-pyrrole nitrogens is 1. The van der Waals surface area contributed by atoms with Crippen molar-refractivity contribution in [3.8, 4) is 5.75 Å². The number of aryl methyl sites for hydroxylation is 1. The van der Waals surface area contributed by atoms with Gasteiger partial charge in [0.05, 0.1) is 20.6 Å². The third-order valence-electron chi connectivity index (χ3n) is 2.84. The third kappa shape index (κ3) is 2.11. The molecule has 0 saturated heterocycles. The molecule has 1 aromatic carbocycles. The number of aromatic nitrogens is 1. The molecular weight excluding hydrogens is 218 g/mol. The Kier molecular flexibility index (Phi) is 3.04. The highest BCUT2D eigenvalue weighted by atomic mass is 16.5. The number of carbonyl (C=O) groups is 1. The fourth-order valence-corrected chi connectivity index (χ4v) is 1.93. The number of ether oxygens (including phenoxy) is 2. The van der Waals surface area contributed by atoms with E-state index in [9.17, 15) is 4.79 Å². The summed E-state index contributed by atoms with van der Waals surface area (Å²) in [5.74, 6) is 0.548. The Morgan fingerprint density at radius 1 is 1.35 bits per heavy atom. The van der Waals surface area contributed by atoms with E-state index >= 15 is 0 Å². The van der Waals surface area contributed by atoms with Gasteiger partial charge in [0.1, 0.15) is 5.75 Å². The molecular formula is C13H15NO3. The predicted molar refractivity (Wildman–Crippen MR) is 65.3 cm³/mol. The number of nitrogens with one attached hydrogen (secondary N) is 1. The van der Waals surface area contributed by atoms with Gasteiger partial charge in [-0.1, -0.05) is 0 Å². The fourth-order valence-electron chi connectivity index (χ4n) is 1.93. The molecule has 4 nitrogen and oxygen atoms in total. The van der Waals surface area contributed by atoms with E-state index in [0.29, 0.717) is 0 Å². The van der Waals surface area contributed by atoms with Crippen LogP contribution in [-0.2, 0) is 16.0 Å². The Morgan fingerprint density at radius 2 is 2.12 bits per heavy atom. The number of methoxy groups -OCH3 is 2. The molecule has 0 aliphatic carbocycles. The van der Waals surface area contributed by atoms with Crippen molar-refractivity contribution < 1.29 is 14.3 Å². The van der Waals surface area contributed by atoms with Crippen molar-refractivity contribution in [2.75, 3.05) is 14.2 Å². The molecule has 90 valence electrons. The van der Waals surface area contributed by atoms with Crippen LogP contribution in [0.2, 0.25) is 0 Å². The predicted octanol–water partition coefficient (Wildman–Crippen LogP) is 2.20. The number of carbonyl (C=O) groups excluding carboxylic acids is 1. The summed E-state index contributed by atoms with van der Waals surface area (Å²) < 4.78 is 9.90. The van der Waals surface area contributed by atoms with Crippen LogP contribution in [0, 0.1) is 6.92 Å². The average molecular weight is 233 g/mol. The van der Waals surface area contributed by atoms with E-state index in [-0.39, 0.29) is 12.4 Å². The first-order valence-corrected chi connectivity index (χ1v) is 5.37. The van der Waals surface area contributed by atoms with E-state index in [1.165, 1.54) is 7.11 Å². The Hall–Kier alpha value is -1.97. The van der Waals surface area contributed by atoms with Crippen molar-refractivity contribution in [1.29, 1.82) is 0 Å². The van der Waals surface area contributed by atoms with Gasteiger partial charge in [0.15, 0.2) is 0 Å². The molecule has 17 heavy (non-hydrogen) atoms. The van der Waals surface area contributed by atoms with Crippen LogP contribution in [0.3, 0.4) is 0 Å². The quantitative estimate of drug-likeness (QED) is 0.827. The Bertz CT molecular complexity index is 557. The maximum atomic E-state index is 11.3. The summed E-state index contributed by atoms with van der Waals surface area (Å²) in [5, 5.41) is 1.01. The molecule has 0 aliphatic rings. The first-order valence-electron chi connectivity index (χ1n) is 5.37. The van der Waals surface area contributed by atoms with Crippen molar-refractivity contribution in [1.82, 2.24) is 4.98 Å². The lowest BCUT2D eigenvalue weighted by Crippen LogP contribution is -2.03. The van der Waals surface area contributed by atoms with Gasteiger partial charge in [0, 0.05) is 17.1 Å². The second kappa shape index (κ2) is 4.49. The van der Waals surface area contributed by atoms with E-state index in [0.717, 1.165) is 27.8 Å². The molecule has 0 saturated carbocycles. The molecule has 0 spiro atoms. The summed E-state index contributed by atoms with van der Waals surface area (Å²) >= 11 is 0. The largest absolute Gasteiger partial charge is 0.497 e. The minimum atomic E-state index is -0.244. The van der Waals surface area contributed by atoms with Gasteiger partial charge >= 0.3 is 5.97 Å². The summed E-state index contributed by atoms with van der Waals surface area (Å²) in [7, 11) is 3.02. The zero-order valence-electron chi connectivity index (χ0n) is 10.2. The smallest absolute Gasteiger partial charge is 0.310 e. The summed E-state index contributed by atoms with van der Waals surface area (Å²) in [6.45, 7) is 2.00. The maximum absolute atomic E-state index is 11.3. The van der Waals surface area contributed by atoms with Crippen molar-refractivity contribution in [2.24, 2.45) is 0 Å². The second-order valence-corrected chi connectivity index (χ2v) is 3.93. The van der Waals surface area contributed by atoms with E-state index in [1.807, 2.05) is 25.3 Å². The molecule has 1 heterocycles. The summed E-state index contributed by atoms with van der Waals surface area (Å²) in [6, 6.07) is 3.89. The Morgan fingerprint density at radius 3 is 2.76 bits per heavy atom. The van der Waals surface area contributed by atoms with Gasteiger partial charge < -0.3 is 14.5 Å². The van der Waals surface area contributed by atoms with Crippen LogP contribution in [0.1, 0.15) is 11.1 Å². The van der Waals surface area contributed by atoms with Gasteiger partial charge in [-0.25, -0.2) is 0 Å². The minimum absolute atomic E-state index is 0.244. The molecule has 0 bridgehead atoms. The molecule has 0 atom stereocenters. The van der Waals surface area contributed by atoms with E-state index < -0.39 is 0 Å². The van der Waals surface area contributed by atoms with E-state index in [4.69, 9.17) is 4.74 Å². The Balaban J connectivity index is 2.51. The summed E-state index contributed by atoms with van der Waals surface area (Å²) in [6.07, 6.45) is 2.11. The van der Waals surface area contributed by atoms with Crippen molar-refractivity contribution in [2.45, 2.75) is 13.3 Å². The molecule has 0 amide bonds. The third-order valence-corrected chi connectivity index (χ3v) is 2.84. The molecule has 0 fully saturated rings. The monoisotopic (exact) mass is 233 g/mol. The van der Waals surface area contributed by atoms with Gasteiger partial charge in [-0.15, -0.1) is 0 Å². The molecule has 2 aromatic rings. The van der Waals surface area contributed by atoms with Gasteiger partial charge in [-0.3, -0.25) is 4.79 Å². The normalized spacial score (nSPS) is 10.5. The van der Waals surface area contributed by atoms with Crippen LogP contribution in [0.25, 0.3) is 10.9 Å². The zero-order chi connectivity index (χ0) is 12.4. The lowest BCUT2D eigenvalue weighted by Gasteiger charge is -2.04. The molecule has 0 unspecified atom stereocenters. The number of esters is 1. The lowest BCUT2D eigenvalue weighted by molar-refractivity contribution is -0.139. The van der Waals surface area contributed by atoms with Crippen LogP contribution in [0.15, 0.2) is 18.3 Å². The van der Waals surface area contributed by atoms with Gasteiger partial charge in [0.25, 0.3) is 0 Å². The number of aromatic amines is 1. The minimum Gasteiger partial charge on any atom is -0.497 e. The first kappa shape index (κ1) is 11.5. The number of benzene rings is 1. The topological polar surface area (TPSA) is 51.3 Å². The van der Waals surface area contributed by atoms with Crippen molar-refractivity contribution in [3.05, 3.63) is 29.5 Å². The Labute approximate surface area is 99.5 Å². The van der Waals surface area contributed by atoms with Crippen molar-refractivity contribution in [3.63, 3.8) is 0 Å². The van der Waals surface area contributed by atoms with Gasteiger partial charge in [-0.2, -0.15) is 0 Å². The lowest BCUT2D eigenvalue weighted by atomic mass is 10.1.